The maximum Gasteiger partial charge on any atom is 0.210 e. The quantitative estimate of drug-likeness (QED) is 0.345. The molecule has 1 heterocycles. The highest BCUT2D eigenvalue weighted by Gasteiger charge is 2.43. The van der Waals surface area contributed by atoms with Crippen LogP contribution >= 0.6 is 0 Å². The van der Waals surface area contributed by atoms with E-state index in [0.29, 0.717) is 0 Å². The van der Waals surface area contributed by atoms with Crippen molar-refractivity contribution in [2.24, 2.45) is 0 Å². The van der Waals surface area contributed by atoms with Crippen LogP contribution in [-0.4, -0.2) is 16.8 Å². The van der Waals surface area contributed by atoms with Gasteiger partial charge in [-0.3, -0.25) is 0 Å². The Morgan fingerprint density at radius 2 is 1.56 bits per heavy atom. The van der Waals surface area contributed by atoms with Gasteiger partial charge in [-0.25, -0.2) is 0 Å². The molecule has 25 heavy (non-hydrogen) atoms. The summed E-state index contributed by atoms with van der Waals surface area (Å²) in [6.07, 6.45) is 8.14. The third kappa shape index (κ3) is 3.94. The Morgan fingerprint density at radius 1 is 0.880 bits per heavy atom. The fourth-order valence-electron chi connectivity index (χ4n) is 4.18. The average Bonchev–Trinajstić information content (AvgIpc) is 2.78. The summed E-state index contributed by atoms with van der Waals surface area (Å²) in [5.41, 5.74) is 4.58. The number of hydrogen-bond donors (Lipinski definition) is 0. The van der Waals surface area contributed by atoms with Gasteiger partial charge in [0.15, 0.2) is 5.71 Å². The monoisotopic (exact) mass is 449 g/mol. The number of unbranched alkanes of at least 4 members (excludes halogenated alkanes) is 5. The molecule has 0 saturated heterocycles. The lowest BCUT2D eigenvalue weighted by Gasteiger charge is -2.17. The summed E-state index contributed by atoms with van der Waals surface area (Å²) in [7, 11) is 0. The molecule has 1 nitrogen and oxygen atoms in total. The molecule has 0 N–H and O–H groups in total. The molecule has 1 aliphatic rings. The van der Waals surface area contributed by atoms with Gasteiger partial charge < -0.3 is 24.0 Å². The van der Waals surface area contributed by atoms with Crippen LogP contribution in [0.1, 0.15) is 71.8 Å². The molecular weight excluding hydrogens is 417 g/mol. The van der Waals surface area contributed by atoms with E-state index >= 15 is 0 Å². The van der Waals surface area contributed by atoms with Gasteiger partial charge in [-0.2, -0.15) is 4.58 Å². The average molecular weight is 449 g/mol. The highest BCUT2D eigenvalue weighted by atomic mass is 127. The third-order valence-electron chi connectivity index (χ3n) is 5.87. The molecule has 0 radical (unpaired) electrons. The molecule has 0 atom stereocenters. The summed E-state index contributed by atoms with van der Waals surface area (Å²) in [5, 5.41) is 2.78. The zero-order valence-corrected chi connectivity index (χ0v) is 18.4. The summed E-state index contributed by atoms with van der Waals surface area (Å²) < 4.78 is 2.58. The number of hydrogen-bond acceptors (Lipinski definition) is 0. The molecule has 0 unspecified atom stereocenters. The van der Waals surface area contributed by atoms with E-state index in [4.69, 9.17) is 0 Å². The molecule has 2 aromatic carbocycles. The Hall–Kier alpha value is -0.900. The van der Waals surface area contributed by atoms with Gasteiger partial charge in [-0.05, 0) is 37.1 Å². The van der Waals surface area contributed by atoms with E-state index in [1.54, 1.807) is 0 Å². The lowest BCUT2D eigenvalue weighted by Crippen LogP contribution is -3.00. The smallest absolute Gasteiger partial charge is 0.210 e. The predicted molar refractivity (Wildman–Crippen MR) is 106 cm³/mol. The molecule has 3 rings (SSSR count). The van der Waals surface area contributed by atoms with Crippen LogP contribution in [0.4, 0.5) is 5.69 Å². The predicted octanol–water partition coefficient (Wildman–Crippen LogP) is 3.60. The van der Waals surface area contributed by atoms with Crippen molar-refractivity contribution in [2.45, 2.75) is 71.6 Å². The molecular formula is C23H32IN. The van der Waals surface area contributed by atoms with Crippen molar-refractivity contribution < 1.29 is 28.6 Å². The highest BCUT2D eigenvalue weighted by Crippen LogP contribution is 2.43. The molecule has 0 fully saturated rings. The second kappa shape index (κ2) is 8.66. The van der Waals surface area contributed by atoms with Crippen molar-refractivity contribution in [2.75, 3.05) is 6.54 Å². The molecule has 0 amide bonds. The number of benzene rings is 2. The second-order valence-electron chi connectivity index (χ2n) is 7.81. The number of fused-ring (bicyclic) bond motifs is 3. The molecule has 136 valence electrons. The summed E-state index contributed by atoms with van der Waals surface area (Å²) in [5.74, 6) is 0. The van der Waals surface area contributed by atoms with E-state index in [2.05, 4.69) is 68.7 Å². The van der Waals surface area contributed by atoms with E-state index in [-0.39, 0.29) is 29.4 Å². The highest BCUT2D eigenvalue weighted by molar-refractivity contribution is 6.01. The van der Waals surface area contributed by atoms with Crippen LogP contribution in [-0.2, 0) is 5.41 Å². The lowest BCUT2D eigenvalue weighted by atomic mass is 9.80. The number of rotatable bonds is 7. The van der Waals surface area contributed by atoms with E-state index in [1.807, 2.05) is 0 Å². The van der Waals surface area contributed by atoms with Crippen LogP contribution in [0.2, 0.25) is 0 Å². The van der Waals surface area contributed by atoms with Gasteiger partial charge in [0.1, 0.15) is 6.54 Å². The topological polar surface area (TPSA) is 3.01 Å². The van der Waals surface area contributed by atoms with Crippen LogP contribution < -0.4 is 24.0 Å². The van der Waals surface area contributed by atoms with Gasteiger partial charge >= 0.3 is 0 Å². The van der Waals surface area contributed by atoms with Crippen LogP contribution in [0, 0.1) is 0 Å². The molecule has 2 aromatic rings. The van der Waals surface area contributed by atoms with Crippen molar-refractivity contribution in [3.05, 3.63) is 42.0 Å². The first-order valence-corrected chi connectivity index (χ1v) is 9.71. The zero-order valence-electron chi connectivity index (χ0n) is 16.2. The molecule has 1 aliphatic heterocycles. The molecule has 0 aromatic heterocycles. The van der Waals surface area contributed by atoms with Gasteiger partial charge in [0.2, 0.25) is 5.69 Å². The fourth-order valence-corrected chi connectivity index (χ4v) is 4.18. The first-order valence-electron chi connectivity index (χ1n) is 9.71. The van der Waals surface area contributed by atoms with Crippen molar-refractivity contribution in [3.63, 3.8) is 0 Å². The van der Waals surface area contributed by atoms with E-state index < -0.39 is 0 Å². The Morgan fingerprint density at radius 3 is 2.32 bits per heavy atom. The Bertz CT molecular complexity index is 758. The number of nitrogens with zero attached hydrogens (tertiary/aromatic N) is 1. The van der Waals surface area contributed by atoms with Gasteiger partial charge in [0.05, 0.1) is 5.41 Å². The third-order valence-corrected chi connectivity index (χ3v) is 5.87. The zero-order chi connectivity index (χ0) is 17.2. The first-order chi connectivity index (χ1) is 11.6. The lowest BCUT2D eigenvalue weighted by molar-refractivity contribution is -0.439. The van der Waals surface area contributed by atoms with Crippen LogP contribution in [0.25, 0.3) is 10.8 Å². The fraction of sp³-hybridized carbons (Fsp3) is 0.522. The number of halogens is 1. The first kappa shape index (κ1) is 20.4. The van der Waals surface area contributed by atoms with Crippen molar-refractivity contribution in [1.82, 2.24) is 0 Å². The second-order valence-corrected chi connectivity index (χ2v) is 7.81. The van der Waals surface area contributed by atoms with Gasteiger partial charge in [-0.15, -0.1) is 0 Å². The van der Waals surface area contributed by atoms with Gasteiger partial charge in [-0.1, -0.05) is 56.9 Å². The van der Waals surface area contributed by atoms with Crippen molar-refractivity contribution >= 4 is 22.2 Å². The molecule has 0 bridgehead atoms. The summed E-state index contributed by atoms with van der Waals surface area (Å²) in [6, 6.07) is 13.5. The normalized spacial score (nSPS) is 15.4. The van der Waals surface area contributed by atoms with E-state index in [1.165, 1.54) is 66.3 Å². The maximum atomic E-state index is 2.58. The van der Waals surface area contributed by atoms with Crippen LogP contribution in [0.5, 0.6) is 0 Å². The largest absolute Gasteiger partial charge is 1.00 e. The molecule has 2 heteroatoms. The summed E-state index contributed by atoms with van der Waals surface area (Å²) >= 11 is 0. The standard InChI is InChI=1S/C23H32N.HI/c1-5-6-7-8-9-12-17-24-18(2)23(3,4)22-20-14-11-10-13-19(20)15-16-21(22)24;/h10-11,13-16H,5-9,12,17H2,1-4H3;1H/q+1;/p-1. The van der Waals surface area contributed by atoms with Crippen molar-refractivity contribution in [1.29, 1.82) is 0 Å². The minimum atomic E-state index is 0. The molecule has 0 saturated carbocycles. The van der Waals surface area contributed by atoms with Crippen LogP contribution in [0.3, 0.4) is 0 Å². The van der Waals surface area contributed by atoms with Gasteiger partial charge in [0.25, 0.3) is 0 Å². The van der Waals surface area contributed by atoms with E-state index in [9.17, 15) is 0 Å². The Labute approximate surface area is 170 Å². The summed E-state index contributed by atoms with van der Waals surface area (Å²) in [6.45, 7) is 10.5. The minimum absolute atomic E-state index is 0. The van der Waals surface area contributed by atoms with Crippen LogP contribution in [0.15, 0.2) is 36.4 Å². The maximum absolute atomic E-state index is 2.58. The van der Waals surface area contributed by atoms with E-state index in [0.717, 1.165) is 6.54 Å². The van der Waals surface area contributed by atoms with Gasteiger partial charge in [0, 0.05) is 25.0 Å². The summed E-state index contributed by atoms with van der Waals surface area (Å²) in [4.78, 5) is 0. The Kier molecular flexibility index (Phi) is 7.07. The Balaban J connectivity index is 0.00000225. The molecule has 0 spiro atoms. The van der Waals surface area contributed by atoms with Crippen molar-refractivity contribution in [3.8, 4) is 0 Å². The SMILES string of the molecule is CCCCCCCC[N+]1=C(C)C(C)(C)c2c1ccc1ccccc21.[I-]. The minimum Gasteiger partial charge on any atom is -1.00 e. The molecule has 0 aliphatic carbocycles.